The summed E-state index contributed by atoms with van der Waals surface area (Å²) in [4.78, 5) is 0. The second-order valence-electron chi connectivity index (χ2n) is 4.03. The zero-order valence-corrected chi connectivity index (χ0v) is 13.6. The van der Waals surface area contributed by atoms with Gasteiger partial charge in [0.15, 0.2) is 0 Å². The van der Waals surface area contributed by atoms with E-state index >= 15 is 0 Å². The molecule has 1 unspecified atom stereocenters. The molecule has 0 aliphatic heterocycles. The van der Waals surface area contributed by atoms with E-state index in [1.54, 1.807) is 17.4 Å². The van der Waals surface area contributed by atoms with Gasteiger partial charge in [0.25, 0.3) is 0 Å². The first-order valence-electron chi connectivity index (χ1n) is 5.47. The van der Waals surface area contributed by atoms with Crippen molar-refractivity contribution in [2.24, 2.45) is 0 Å². The molecule has 2 rings (SSSR count). The molecule has 1 aromatic carbocycles. The highest BCUT2D eigenvalue weighted by atomic mass is 79.9. The van der Waals surface area contributed by atoms with Crippen LogP contribution in [0.5, 0.6) is 0 Å². The van der Waals surface area contributed by atoms with Crippen molar-refractivity contribution in [3.05, 3.63) is 54.6 Å². The summed E-state index contributed by atoms with van der Waals surface area (Å²) in [5.41, 5.74) is 2.33. The second-order valence-corrected chi connectivity index (χ2v) is 7.16. The van der Waals surface area contributed by atoms with Gasteiger partial charge in [-0.1, -0.05) is 29.3 Å². The first-order chi connectivity index (χ1) is 8.56. The Morgan fingerprint density at radius 2 is 2.11 bits per heavy atom. The maximum Gasteiger partial charge on any atom is 0.0701 e. The number of nitrogens with one attached hydrogen (secondary N) is 1. The molecule has 0 amide bonds. The van der Waals surface area contributed by atoms with E-state index in [-0.39, 0.29) is 6.04 Å². The standard InChI is InChI=1S/C13H12BrCl2NS/c1-8(11-3-2-10(15)5-12(11)16)17-6-9-4-13(14)18-7-9/h2-5,7-8,17H,6H2,1H3. The first-order valence-corrected chi connectivity index (χ1v) is 7.90. The van der Waals surface area contributed by atoms with Gasteiger partial charge in [0, 0.05) is 22.6 Å². The Hall–Kier alpha value is -0.0600. The van der Waals surface area contributed by atoms with Crippen LogP contribution in [0.3, 0.4) is 0 Å². The first kappa shape index (κ1) is 14.4. The van der Waals surface area contributed by atoms with E-state index in [9.17, 15) is 0 Å². The monoisotopic (exact) mass is 363 g/mol. The smallest absolute Gasteiger partial charge is 0.0701 e. The van der Waals surface area contributed by atoms with E-state index in [2.05, 4.69) is 39.6 Å². The van der Waals surface area contributed by atoms with E-state index in [4.69, 9.17) is 23.2 Å². The molecule has 0 bridgehead atoms. The number of hydrogen-bond donors (Lipinski definition) is 1. The van der Waals surface area contributed by atoms with Crippen LogP contribution in [-0.4, -0.2) is 0 Å². The third kappa shape index (κ3) is 3.72. The van der Waals surface area contributed by atoms with Crippen molar-refractivity contribution in [2.45, 2.75) is 19.5 Å². The van der Waals surface area contributed by atoms with Gasteiger partial charge < -0.3 is 5.32 Å². The molecule has 0 radical (unpaired) electrons. The molecule has 18 heavy (non-hydrogen) atoms. The number of hydrogen-bond acceptors (Lipinski definition) is 2. The zero-order chi connectivity index (χ0) is 13.1. The largest absolute Gasteiger partial charge is 0.306 e. The number of thiophene rings is 1. The van der Waals surface area contributed by atoms with Crippen molar-refractivity contribution < 1.29 is 0 Å². The molecule has 0 fully saturated rings. The van der Waals surface area contributed by atoms with Gasteiger partial charge in [-0.3, -0.25) is 0 Å². The van der Waals surface area contributed by atoms with Gasteiger partial charge in [-0.15, -0.1) is 11.3 Å². The minimum absolute atomic E-state index is 0.188. The third-order valence-electron chi connectivity index (χ3n) is 2.66. The summed E-state index contributed by atoms with van der Waals surface area (Å²) in [6.45, 7) is 2.92. The van der Waals surface area contributed by atoms with E-state index < -0.39 is 0 Å². The van der Waals surface area contributed by atoms with Gasteiger partial charge in [0.2, 0.25) is 0 Å². The highest BCUT2D eigenvalue weighted by Gasteiger charge is 2.09. The molecule has 1 N–H and O–H groups in total. The zero-order valence-electron chi connectivity index (χ0n) is 9.71. The van der Waals surface area contributed by atoms with Crippen molar-refractivity contribution in [2.75, 3.05) is 0 Å². The highest BCUT2D eigenvalue weighted by molar-refractivity contribution is 9.11. The number of halogens is 3. The van der Waals surface area contributed by atoms with Gasteiger partial charge >= 0.3 is 0 Å². The Labute approximate surface area is 129 Å². The van der Waals surface area contributed by atoms with Crippen LogP contribution in [0.1, 0.15) is 24.1 Å². The van der Waals surface area contributed by atoms with Gasteiger partial charge in [-0.05, 0) is 57.6 Å². The average Bonchev–Trinajstić information content (AvgIpc) is 2.72. The maximum absolute atomic E-state index is 6.18. The Balaban J connectivity index is 2.01. The van der Waals surface area contributed by atoms with Crippen molar-refractivity contribution in [3.8, 4) is 0 Å². The van der Waals surface area contributed by atoms with Gasteiger partial charge in [-0.2, -0.15) is 0 Å². The van der Waals surface area contributed by atoms with Crippen LogP contribution < -0.4 is 5.32 Å². The Morgan fingerprint density at radius 1 is 1.33 bits per heavy atom. The van der Waals surface area contributed by atoms with Crippen molar-refractivity contribution in [1.82, 2.24) is 5.32 Å². The summed E-state index contributed by atoms with van der Waals surface area (Å²) >= 11 is 17.2. The molecule has 0 saturated heterocycles. The predicted molar refractivity (Wildman–Crippen MR) is 83.7 cm³/mol. The minimum Gasteiger partial charge on any atom is -0.306 e. The SMILES string of the molecule is CC(NCc1csc(Br)c1)c1ccc(Cl)cc1Cl. The van der Waals surface area contributed by atoms with E-state index in [0.29, 0.717) is 10.0 Å². The van der Waals surface area contributed by atoms with Crippen LogP contribution in [0, 0.1) is 0 Å². The normalized spacial score (nSPS) is 12.7. The minimum atomic E-state index is 0.188. The molecule has 96 valence electrons. The van der Waals surface area contributed by atoms with Crippen LogP contribution in [0.2, 0.25) is 10.0 Å². The van der Waals surface area contributed by atoms with Crippen molar-refractivity contribution in [1.29, 1.82) is 0 Å². The highest BCUT2D eigenvalue weighted by Crippen LogP contribution is 2.27. The lowest BCUT2D eigenvalue weighted by Gasteiger charge is -2.15. The summed E-state index contributed by atoms with van der Waals surface area (Å²) in [6, 6.07) is 7.91. The molecule has 1 heterocycles. The molecule has 1 nitrogen and oxygen atoms in total. The van der Waals surface area contributed by atoms with Gasteiger partial charge in [-0.25, -0.2) is 0 Å². The van der Waals surface area contributed by atoms with Gasteiger partial charge in [0.1, 0.15) is 0 Å². The van der Waals surface area contributed by atoms with Crippen LogP contribution in [0.15, 0.2) is 33.4 Å². The van der Waals surface area contributed by atoms with Crippen LogP contribution in [0.25, 0.3) is 0 Å². The number of rotatable bonds is 4. The van der Waals surface area contributed by atoms with E-state index in [0.717, 1.165) is 15.9 Å². The maximum atomic E-state index is 6.18. The molecule has 1 atom stereocenters. The van der Waals surface area contributed by atoms with Crippen molar-refractivity contribution in [3.63, 3.8) is 0 Å². The third-order valence-corrected chi connectivity index (χ3v) is 4.78. The van der Waals surface area contributed by atoms with Crippen molar-refractivity contribution >= 4 is 50.5 Å². The Morgan fingerprint density at radius 3 is 2.72 bits per heavy atom. The molecule has 0 aliphatic rings. The Bertz CT molecular complexity index is 542. The molecular formula is C13H12BrCl2NS. The topological polar surface area (TPSA) is 12.0 Å². The average molecular weight is 365 g/mol. The second kappa shape index (κ2) is 6.40. The lowest BCUT2D eigenvalue weighted by atomic mass is 10.1. The lowest BCUT2D eigenvalue weighted by Crippen LogP contribution is -2.18. The fourth-order valence-corrected chi connectivity index (χ4v) is 3.45. The molecule has 5 heteroatoms. The van der Waals surface area contributed by atoms with Crippen LogP contribution >= 0.6 is 50.5 Å². The molecule has 2 aromatic rings. The summed E-state index contributed by atoms with van der Waals surface area (Å²) < 4.78 is 1.15. The molecule has 1 aromatic heterocycles. The van der Waals surface area contributed by atoms with Crippen LogP contribution in [-0.2, 0) is 6.54 Å². The lowest BCUT2D eigenvalue weighted by molar-refractivity contribution is 0.575. The summed E-state index contributed by atoms with van der Waals surface area (Å²) in [7, 11) is 0. The summed E-state index contributed by atoms with van der Waals surface area (Å²) in [6.07, 6.45) is 0. The summed E-state index contributed by atoms with van der Waals surface area (Å²) in [5, 5.41) is 6.95. The molecule has 0 spiro atoms. The molecule has 0 saturated carbocycles. The fraction of sp³-hybridized carbons (Fsp3) is 0.231. The quantitative estimate of drug-likeness (QED) is 0.737. The van der Waals surface area contributed by atoms with E-state index in [1.165, 1.54) is 5.56 Å². The number of benzene rings is 1. The molecule has 0 aliphatic carbocycles. The van der Waals surface area contributed by atoms with Gasteiger partial charge in [0.05, 0.1) is 3.79 Å². The Kier molecular flexibility index (Phi) is 5.10. The van der Waals surface area contributed by atoms with E-state index in [1.807, 2.05) is 12.1 Å². The summed E-state index contributed by atoms with van der Waals surface area (Å²) in [5.74, 6) is 0. The van der Waals surface area contributed by atoms with Crippen LogP contribution in [0.4, 0.5) is 0 Å². The predicted octanol–water partition coefficient (Wildman–Crippen LogP) is 5.67. The fourth-order valence-electron chi connectivity index (χ4n) is 1.67. The molecular weight excluding hydrogens is 353 g/mol.